The van der Waals surface area contributed by atoms with Gasteiger partial charge in [-0.2, -0.15) is 0 Å². The van der Waals surface area contributed by atoms with Crippen molar-refractivity contribution in [2.45, 2.75) is 70.1 Å². The standard InChI is InChI=1S/C22H30N2O3/c1-14-17-15(5-12-23-19(17)25)13-16-18(14)27-20(2,26-16)21-6-9-22(10-7-21,11-8-21)24(3)4/h13H,5-12H2,1-4H3,(H,23,25). The first-order valence-electron chi connectivity index (χ1n) is 10.3. The number of fused-ring (bicyclic) bond motifs is 5. The minimum Gasteiger partial charge on any atom is -0.448 e. The second kappa shape index (κ2) is 5.40. The molecular formula is C22H30N2O3. The Balaban J connectivity index is 1.49. The summed E-state index contributed by atoms with van der Waals surface area (Å²) in [6.07, 6.45) is 7.87. The van der Waals surface area contributed by atoms with Crippen LogP contribution in [-0.4, -0.2) is 42.8 Å². The molecule has 0 aromatic heterocycles. The maximum absolute atomic E-state index is 12.4. The van der Waals surface area contributed by atoms with Crippen LogP contribution in [-0.2, 0) is 6.42 Å². The van der Waals surface area contributed by atoms with E-state index in [4.69, 9.17) is 9.47 Å². The van der Waals surface area contributed by atoms with Crippen molar-refractivity contribution in [1.82, 2.24) is 10.2 Å². The lowest BCUT2D eigenvalue weighted by atomic mass is 9.54. The monoisotopic (exact) mass is 370 g/mol. The molecule has 0 spiro atoms. The lowest BCUT2D eigenvalue weighted by Crippen LogP contribution is -2.62. The Morgan fingerprint density at radius 3 is 2.37 bits per heavy atom. The number of carbonyl (C=O) groups excluding carboxylic acids is 1. The van der Waals surface area contributed by atoms with Crippen LogP contribution in [0.4, 0.5) is 0 Å². The average molecular weight is 370 g/mol. The molecule has 3 aliphatic carbocycles. The molecule has 1 aromatic rings. The van der Waals surface area contributed by atoms with Gasteiger partial charge in [-0.15, -0.1) is 0 Å². The predicted octanol–water partition coefficient (Wildman–Crippen LogP) is 3.42. The fourth-order valence-corrected chi connectivity index (χ4v) is 6.11. The van der Waals surface area contributed by atoms with Gasteiger partial charge in [0.15, 0.2) is 11.5 Å². The summed E-state index contributed by atoms with van der Waals surface area (Å²) in [6.45, 7) is 4.81. The Kier molecular flexibility index (Phi) is 3.47. The molecule has 6 rings (SSSR count). The quantitative estimate of drug-likeness (QED) is 0.867. The van der Waals surface area contributed by atoms with Gasteiger partial charge in [-0.3, -0.25) is 4.79 Å². The second-order valence-electron chi connectivity index (χ2n) is 9.42. The summed E-state index contributed by atoms with van der Waals surface area (Å²) in [7, 11) is 4.44. The molecule has 2 aliphatic heterocycles. The van der Waals surface area contributed by atoms with E-state index in [1.54, 1.807) is 0 Å². The van der Waals surface area contributed by atoms with Crippen LogP contribution in [0.5, 0.6) is 11.5 Å². The molecule has 1 aromatic carbocycles. The third-order valence-corrected chi connectivity index (χ3v) is 8.19. The van der Waals surface area contributed by atoms with Crippen LogP contribution in [0.2, 0.25) is 0 Å². The molecule has 3 saturated carbocycles. The summed E-state index contributed by atoms with van der Waals surface area (Å²) in [5.74, 6) is 0.975. The molecule has 1 amide bonds. The summed E-state index contributed by atoms with van der Waals surface area (Å²) < 4.78 is 13.1. The molecule has 27 heavy (non-hydrogen) atoms. The van der Waals surface area contributed by atoms with Crippen LogP contribution in [0.1, 0.15) is 66.9 Å². The highest BCUT2D eigenvalue weighted by Crippen LogP contribution is 2.62. The van der Waals surface area contributed by atoms with Crippen molar-refractivity contribution in [2.75, 3.05) is 20.6 Å². The number of nitrogens with one attached hydrogen (secondary N) is 1. The minimum absolute atomic E-state index is 0.0121. The zero-order chi connectivity index (χ0) is 19.0. The number of ether oxygens (including phenoxy) is 2. The summed E-state index contributed by atoms with van der Waals surface area (Å²) >= 11 is 0. The Morgan fingerprint density at radius 2 is 1.74 bits per heavy atom. The van der Waals surface area contributed by atoms with E-state index in [1.165, 1.54) is 19.3 Å². The van der Waals surface area contributed by atoms with Crippen LogP contribution < -0.4 is 14.8 Å². The number of benzene rings is 1. The summed E-state index contributed by atoms with van der Waals surface area (Å²) in [4.78, 5) is 14.8. The Labute approximate surface area is 161 Å². The van der Waals surface area contributed by atoms with E-state index in [0.29, 0.717) is 12.1 Å². The highest BCUT2D eigenvalue weighted by molar-refractivity contribution is 5.99. The van der Waals surface area contributed by atoms with Gasteiger partial charge in [0, 0.05) is 35.5 Å². The topological polar surface area (TPSA) is 50.8 Å². The molecule has 0 saturated heterocycles. The van der Waals surface area contributed by atoms with Crippen LogP contribution in [0.15, 0.2) is 6.07 Å². The van der Waals surface area contributed by atoms with Crippen molar-refractivity contribution in [1.29, 1.82) is 0 Å². The van der Waals surface area contributed by atoms with Crippen molar-refractivity contribution >= 4 is 5.91 Å². The first kappa shape index (κ1) is 17.4. The van der Waals surface area contributed by atoms with Gasteiger partial charge in [0.1, 0.15) is 0 Å². The molecule has 1 N–H and O–H groups in total. The van der Waals surface area contributed by atoms with E-state index in [-0.39, 0.29) is 11.3 Å². The number of rotatable bonds is 2. The Bertz CT molecular complexity index is 807. The summed E-state index contributed by atoms with van der Waals surface area (Å²) in [6, 6.07) is 2.05. The zero-order valence-electron chi connectivity index (χ0n) is 16.9. The normalized spacial score (nSPS) is 36.7. The lowest BCUT2D eigenvalue weighted by Gasteiger charge is -2.59. The van der Waals surface area contributed by atoms with Crippen LogP contribution in [0.3, 0.4) is 0 Å². The first-order valence-corrected chi connectivity index (χ1v) is 10.3. The van der Waals surface area contributed by atoms with E-state index < -0.39 is 5.79 Å². The van der Waals surface area contributed by atoms with Crippen molar-refractivity contribution in [2.24, 2.45) is 5.41 Å². The van der Waals surface area contributed by atoms with Gasteiger partial charge in [-0.05, 0) is 77.6 Å². The third kappa shape index (κ3) is 2.18. The molecule has 5 nitrogen and oxygen atoms in total. The van der Waals surface area contributed by atoms with Gasteiger partial charge in [0.25, 0.3) is 11.7 Å². The minimum atomic E-state index is -0.639. The van der Waals surface area contributed by atoms with Crippen molar-refractivity contribution < 1.29 is 14.3 Å². The van der Waals surface area contributed by atoms with Gasteiger partial charge >= 0.3 is 0 Å². The first-order chi connectivity index (χ1) is 12.8. The third-order valence-electron chi connectivity index (χ3n) is 8.19. The Hall–Kier alpha value is -1.75. The molecular weight excluding hydrogens is 340 g/mol. The fraction of sp³-hybridized carbons (Fsp3) is 0.682. The average Bonchev–Trinajstić information content (AvgIpc) is 3.02. The lowest BCUT2D eigenvalue weighted by molar-refractivity contribution is -0.211. The molecule has 2 bridgehead atoms. The second-order valence-corrected chi connectivity index (χ2v) is 9.42. The highest BCUT2D eigenvalue weighted by atomic mass is 16.7. The fourth-order valence-electron chi connectivity index (χ4n) is 6.11. The smallest absolute Gasteiger partial charge is 0.254 e. The van der Waals surface area contributed by atoms with E-state index in [1.807, 2.05) is 13.0 Å². The van der Waals surface area contributed by atoms with Gasteiger partial charge in [0.2, 0.25) is 0 Å². The van der Waals surface area contributed by atoms with E-state index >= 15 is 0 Å². The number of amides is 1. The van der Waals surface area contributed by atoms with Crippen molar-refractivity contribution in [3.63, 3.8) is 0 Å². The van der Waals surface area contributed by atoms with Crippen LogP contribution in [0, 0.1) is 12.3 Å². The van der Waals surface area contributed by atoms with Crippen molar-refractivity contribution in [3.05, 3.63) is 22.8 Å². The van der Waals surface area contributed by atoms with E-state index in [0.717, 1.165) is 53.9 Å². The molecule has 1 unspecified atom stereocenters. The maximum atomic E-state index is 12.4. The van der Waals surface area contributed by atoms with Crippen LogP contribution in [0.25, 0.3) is 0 Å². The largest absolute Gasteiger partial charge is 0.448 e. The number of hydrogen-bond donors (Lipinski definition) is 1. The number of carbonyl (C=O) groups is 1. The van der Waals surface area contributed by atoms with Gasteiger partial charge in [-0.25, -0.2) is 0 Å². The SMILES string of the molecule is Cc1c2c(cc3c1C(=O)NCC3)OC(C)(C13CCC(N(C)C)(CC1)CC3)O2. The van der Waals surface area contributed by atoms with Gasteiger partial charge in [0.05, 0.1) is 0 Å². The van der Waals surface area contributed by atoms with Gasteiger partial charge in [-0.1, -0.05) is 0 Å². The summed E-state index contributed by atoms with van der Waals surface area (Å²) in [5.41, 5.74) is 3.20. The van der Waals surface area contributed by atoms with Crippen LogP contribution >= 0.6 is 0 Å². The van der Waals surface area contributed by atoms with E-state index in [2.05, 4.69) is 31.2 Å². The molecule has 146 valence electrons. The predicted molar refractivity (Wildman–Crippen MR) is 103 cm³/mol. The molecule has 3 fully saturated rings. The zero-order valence-corrected chi connectivity index (χ0v) is 16.9. The molecule has 5 heteroatoms. The van der Waals surface area contributed by atoms with Crippen molar-refractivity contribution in [3.8, 4) is 11.5 Å². The maximum Gasteiger partial charge on any atom is 0.254 e. The Morgan fingerprint density at radius 1 is 1.07 bits per heavy atom. The number of hydrogen-bond acceptors (Lipinski definition) is 4. The van der Waals surface area contributed by atoms with Gasteiger partial charge < -0.3 is 19.7 Å². The van der Waals surface area contributed by atoms with E-state index in [9.17, 15) is 4.79 Å². The molecule has 2 heterocycles. The molecule has 0 radical (unpaired) electrons. The summed E-state index contributed by atoms with van der Waals surface area (Å²) in [5, 5.41) is 2.95. The molecule has 1 atom stereocenters. The highest BCUT2D eigenvalue weighted by Gasteiger charge is 2.62. The molecule has 5 aliphatic rings. The number of nitrogens with zero attached hydrogens (tertiary/aromatic N) is 1.